The van der Waals surface area contributed by atoms with Gasteiger partial charge in [-0.25, -0.2) is 13.4 Å². The first kappa shape index (κ1) is 22.6. The minimum absolute atomic E-state index is 0.00396. The molecule has 0 spiro atoms. The van der Waals surface area contributed by atoms with Crippen LogP contribution >= 0.6 is 0 Å². The average Bonchev–Trinajstić information content (AvgIpc) is 2.67. The molecule has 0 radical (unpaired) electrons. The lowest BCUT2D eigenvalue weighted by Crippen LogP contribution is -2.41. The van der Waals surface area contributed by atoms with Gasteiger partial charge in [-0.1, -0.05) is 38.1 Å². The minimum Gasteiger partial charge on any atom is -0.379 e. The van der Waals surface area contributed by atoms with E-state index in [-0.39, 0.29) is 5.75 Å². The molecule has 0 amide bonds. The number of sulfonamides is 1. The highest BCUT2D eigenvalue weighted by Gasteiger charge is 2.25. The molecule has 1 heterocycles. The van der Waals surface area contributed by atoms with E-state index in [9.17, 15) is 8.42 Å². The Morgan fingerprint density at radius 2 is 1.86 bits per heavy atom. The Hall–Kier alpha value is -1.64. The second-order valence-electron chi connectivity index (χ2n) is 7.34. The molecule has 1 aromatic rings. The van der Waals surface area contributed by atoms with Gasteiger partial charge in [0.25, 0.3) is 0 Å². The van der Waals surface area contributed by atoms with E-state index >= 15 is 0 Å². The van der Waals surface area contributed by atoms with Gasteiger partial charge in [0.2, 0.25) is 10.0 Å². The fourth-order valence-corrected chi connectivity index (χ4v) is 4.51. The summed E-state index contributed by atoms with van der Waals surface area (Å²) in [5.74, 6) is 1.38. The number of benzene rings is 1. The van der Waals surface area contributed by atoms with E-state index in [1.165, 1.54) is 4.31 Å². The second-order valence-corrected chi connectivity index (χ2v) is 9.31. The molecule has 2 rings (SSSR count). The molecule has 1 saturated heterocycles. The molecule has 1 aliphatic heterocycles. The maximum Gasteiger partial charge on any atom is 0.218 e. The zero-order valence-electron chi connectivity index (χ0n) is 17.3. The molecule has 28 heavy (non-hydrogen) atoms. The van der Waals surface area contributed by atoms with Crippen molar-refractivity contribution in [3.63, 3.8) is 0 Å². The Bertz CT molecular complexity index is 729. The van der Waals surface area contributed by atoms with Gasteiger partial charge in [0.05, 0.1) is 25.5 Å². The third-order valence-corrected chi connectivity index (χ3v) is 6.41. The van der Waals surface area contributed by atoms with Gasteiger partial charge in [-0.2, -0.15) is 4.31 Å². The van der Waals surface area contributed by atoms with E-state index in [2.05, 4.69) is 29.5 Å². The SMILES string of the molecule is CCNC(=NCc1ccccc1CS(=O)(=O)N1CCOCC1)NCCC(C)C. The van der Waals surface area contributed by atoms with Crippen LogP contribution in [0, 0.1) is 5.92 Å². The lowest BCUT2D eigenvalue weighted by molar-refractivity contribution is 0.0729. The van der Waals surface area contributed by atoms with E-state index < -0.39 is 10.0 Å². The van der Waals surface area contributed by atoms with Gasteiger partial charge < -0.3 is 15.4 Å². The molecule has 8 heteroatoms. The van der Waals surface area contributed by atoms with Crippen molar-refractivity contribution in [3.05, 3.63) is 35.4 Å². The normalized spacial score (nSPS) is 16.4. The highest BCUT2D eigenvalue weighted by Crippen LogP contribution is 2.17. The number of nitrogens with one attached hydrogen (secondary N) is 2. The third-order valence-electron chi connectivity index (χ3n) is 4.59. The zero-order valence-corrected chi connectivity index (χ0v) is 18.1. The second kappa shape index (κ2) is 11.4. The topological polar surface area (TPSA) is 83.0 Å². The van der Waals surface area contributed by atoms with Gasteiger partial charge in [-0.15, -0.1) is 0 Å². The summed E-state index contributed by atoms with van der Waals surface area (Å²) in [6.07, 6.45) is 1.07. The summed E-state index contributed by atoms with van der Waals surface area (Å²) in [7, 11) is -3.36. The monoisotopic (exact) mass is 410 g/mol. The van der Waals surface area contributed by atoms with E-state index in [1.807, 2.05) is 31.2 Å². The molecule has 1 aromatic carbocycles. The molecule has 0 atom stereocenters. The van der Waals surface area contributed by atoms with Gasteiger partial charge in [-0.05, 0) is 30.4 Å². The van der Waals surface area contributed by atoms with Gasteiger partial charge in [-0.3, -0.25) is 0 Å². The maximum absolute atomic E-state index is 12.8. The molecule has 7 nitrogen and oxygen atoms in total. The minimum atomic E-state index is -3.36. The molecule has 0 bridgehead atoms. The number of guanidine groups is 1. The molecule has 0 saturated carbocycles. The lowest BCUT2D eigenvalue weighted by atomic mass is 10.1. The summed E-state index contributed by atoms with van der Waals surface area (Å²) >= 11 is 0. The van der Waals surface area contributed by atoms with E-state index in [0.717, 1.165) is 36.6 Å². The van der Waals surface area contributed by atoms with E-state index in [0.29, 0.717) is 38.8 Å². The number of ether oxygens (including phenoxy) is 1. The Morgan fingerprint density at radius 3 is 2.50 bits per heavy atom. The molecule has 0 unspecified atom stereocenters. The summed E-state index contributed by atoms with van der Waals surface area (Å²) in [6, 6.07) is 7.63. The van der Waals surface area contributed by atoms with Crippen LogP contribution in [-0.2, 0) is 27.1 Å². The molecule has 2 N–H and O–H groups in total. The predicted octanol–water partition coefficient (Wildman–Crippen LogP) is 1.95. The summed E-state index contributed by atoms with van der Waals surface area (Å²) < 4.78 is 32.3. The number of aliphatic imine (C=N–C) groups is 1. The smallest absolute Gasteiger partial charge is 0.218 e. The summed E-state index contributed by atoms with van der Waals surface area (Å²) in [6.45, 7) is 10.2. The molecule has 1 aliphatic rings. The fraction of sp³-hybridized carbons (Fsp3) is 0.650. The quantitative estimate of drug-likeness (QED) is 0.480. The molecule has 0 aromatic heterocycles. The predicted molar refractivity (Wildman–Crippen MR) is 114 cm³/mol. The standard InChI is InChI=1S/C20H34N4O3S/c1-4-21-20(22-10-9-17(2)3)23-15-18-7-5-6-8-19(18)16-28(25,26)24-11-13-27-14-12-24/h5-8,17H,4,9-16H2,1-3H3,(H2,21,22,23). The highest BCUT2D eigenvalue weighted by molar-refractivity contribution is 7.88. The zero-order chi connectivity index (χ0) is 20.4. The van der Waals surface area contributed by atoms with Crippen molar-refractivity contribution in [3.8, 4) is 0 Å². The molecular formula is C20H34N4O3S. The fourth-order valence-electron chi connectivity index (χ4n) is 2.95. The van der Waals surface area contributed by atoms with Crippen LogP contribution < -0.4 is 10.6 Å². The van der Waals surface area contributed by atoms with Gasteiger partial charge >= 0.3 is 0 Å². The van der Waals surface area contributed by atoms with Gasteiger partial charge in [0.15, 0.2) is 5.96 Å². The van der Waals surface area contributed by atoms with Crippen molar-refractivity contribution in [1.82, 2.24) is 14.9 Å². The molecule has 0 aliphatic carbocycles. The molecule has 1 fully saturated rings. The van der Waals surface area contributed by atoms with Crippen LogP contribution in [0.15, 0.2) is 29.3 Å². The van der Waals surface area contributed by atoms with Crippen molar-refractivity contribution in [2.24, 2.45) is 10.9 Å². The van der Waals surface area contributed by atoms with Crippen LogP contribution in [-0.4, -0.2) is 58.1 Å². The van der Waals surface area contributed by atoms with Crippen LogP contribution in [0.5, 0.6) is 0 Å². The maximum atomic E-state index is 12.8. The van der Waals surface area contributed by atoms with Gasteiger partial charge in [0, 0.05) is 26.2 Å². The van der Waals surface area contributed by atoms with Crippen LogP contribution in [0.3, 0.4) is 0 Å². The van der Waals surface area contributed by atoms with Crippen molar-refractivity contribution >= 4 is 16.0 Å². The Morgan fingerprint density at radius 1 is 1.18 bits per heavy atom. The van der Waals surface area contributed by atoms with Crippen LogP contribution in [0.4, 0.5) is 0 Å². The van der Waals surface area contributed by atoms with Crippen LogP contribution in [0.2, 0.25) is 0 Å². The summed E-state index contributed by atoms with van der Waals surface area (Å²) in [4.78, 5) is 4.65. The van der Waals surface area contributed by atoms with Gasteiger partial charge in [0.1, 0.15) is 0 Å². The number of hydrogen-bond acceptors (Lipinski definition) is 4. The molecular weight excluding hydrogens is 376 g/mol. The number of morpholine rings is 1. The number of nitrogens with zero attached hydrogens (tertiary/aromatic N) is 2. The first-order valence-corrected chi connectivity index (χ1v) is 11.7. The first-order chi connectivity index (χ1) is 13.4. The van der Waals surface area contributed by atoms with E-state index in [1.54, 1.807) is 0 Å². The Balaban J connectivity index is 2.07. The summed E-state index contributed by atoms with van der Waals surface area (Å²) in [5.41, 5.74) is 1.73. The largest absolute Gasteiger partial charge is 0.379 e. The van der Waals surface area contributed by atoms with E-state index in [4.69, 9.17) is 4.74 Å². The lowest BCUT2D eigenvalue weighted by Gasteiger charge is -2.26. The van der Waals surface area contributed by atoms with Crippen LogP contribution in [0.1, 0.15) is 38.3 Å². The average molecular weight is 411 g/mol. The number of hydrogen-bond donors (Lipinski definition) is 2. The summed E-state index contributed by atoms with van der Waals surface area (Å²) in [5, 5.41) is 6.58. The Kier molecular flexibility index (Phi) is 9.21. The van der Waals surface area contributed by atoms with Crippen molar-refractivity contribution in [2.75, 3.05) is 39.4 Å². The number of rotatable bonds is 9. The van der Waals surface area contributed by atoms with Crippen molar-refractivity contribution in [1.29, 1.82) is 0 Å². The third kappa shape index (κ3) is 7.41. The van der Waals surface area contributed by atoms with Crippen molar-refractivity contribution < 1.29 is 13.2 Å². The Labute approximate surface area is 169 Å². The highest BCUT2D eigenvalue weighted by atomic mass is 32.2. The first-order valence-electron chi connectivity index (χ1n) is 10.1. The van der Waals surface area contributed by atoms with Crippen molar-refractivity contribution in [2.45, 2.75) is 39.5 Å². The van der Waals surface area contributed by atoms with Crippen LogP contribution in [0.25, 0.3) is 0 Å². The molecule has 158 valence electrons.